The van der Waals surface area contributed by atoms with Crippen molar-refractivity contribution < 1.29 is 45.4 Å². The molecule has 0 saturated carbocycles. The van der Waals surface area contributed by atoms with E-state index in [1.54, 1.807) is 0 Å². The van der Waals surface area contributed by atoms with Crippen LogP contribution < -0.4 is 4.74 Å². The molecule has 176 valence electrons. The quantitative estimate of drug-likeness (QED) is 0.319. The second-order valence-electron chi connectivity index (χ2n) is 6.66. The second kappa shape index (κ2) is 9.14. The Bertz CT molecular complexity index is 1190. The van der Waals surface area contributed by atoms with Gasteiger partial charge in [-0.15, -0.1) is 0 Å². The number of carbonyl (C=O) groups is 1. The molecule has 2 aromatic carbocycles. The van der Waals surface area contributed by atoms with Gasteiger partial charge >= 0.3 is 12.8 Å². The lowest BCUT2D eigenvalue weighted by Gasteiger charge is -2.16. The van der Waals surface area contributed by atoms with Gasteiger partial charge in [-0.1, -0.05) is 15.9 Å². The molecule has 5 nitrogen and oxygen atoms in total. The van der Waals surface area contributed by atoms with Gasteiger partial charge < -0.3 is 14.4 Å². The van der Waals surface area contributed by atoms with Crippen molar-refractivity contribution in [3.63, 3.8) is 0 Å². The van der Waals surface area contributed by atoms with Crippen LogP contribution in [0.4, 0.5) is 30.7 Å². The predicted molar refractivity (Wildman–Crippen MR) is 103 cm³/mol. The van der Waals surface area contributed by atoms with Crippen LogP contribution in [0.5, 0.6) is 5.75 Å². The summed E-state index contributed by atoms with van der Waals surface area (Å²) in [5, 5.41) is 10.4. The lowest BCUT2D eigenvalue weighted by molar-refractivity contribution is -0.141. The fourth-order valence-corrected chi connectivity index (χ4v) is 3.37. The van der Waals surface area contributed by atoms with Crippen molar-refractivity contribution in [2.45, 2.75) is 25.8 Å². The van der Waals surface area contributed by atoms with E-state index in [1.165, 1.54) is 25.1 Å². The number of nitrogens with zero attached hydrogens (tertiary/aromatic N) is 2. The lowest BCUT2D eigenvalue weighted by Crippen LogP contribution is -2.16. The zero-order valence-electron chi connectivity index (χ0n) is 16.3. The molecule has 13 heteroatoms. The van der Waals surface area contributed by atoms with Crippen molar-refractivity contribution >= 4 is 21.7 Å². The number of aromatic nitrogens is 2. The molecule has 0 amide bonds. The molecule has 1 unspecified atom stereocenters. The number of benzene rings is 2. The summed E-state index contributed by atoms with van der Waals surface area (Å²) in [5.41, 5.74) is -2.25. The first-order valence-electron chi connectivity index (χ1n) is 8.88. The number of aliphatic hydroxyl groups excluding tert-OH is 1. The molecule has 3 rings (SSSR count). The Morgan fingerprint density at radius 3 is 2.27 bits per heavy atom. The van der Waals surface area contributed by atoms with Crippen molar-refractivity contribution in [3.8, 4) is 11.4 Å². The van der Waals surface area contributed by atoms with Gasteiger partial charge in [0.15, 0.2) is 28.9 Å². The highest BCUT2D eigenvalue weighted by molar-refractivity contribution is 9.10. The number of hydrogen-bond donors (Lipinski definition) is 1. The first-order valence-corrected chi connectivity index (χ1v) is 9.68. The average molecular weight is 541 g/mol. The molecule has 0 aliphatic heterocycles. The topological polar surface area (TPSA) is 64.4 Å². The van der Waals surface area contributed by atoms with Crippen LogP contribution in [0.15, 0.2) is 41.0 Å². The number of halogens is 8. The minimum atomic E-state index is -4.76. The summed E-state index contributed by atoms with van der Waals surface area (Å²) in [6.45, 7) is -2.26. The van der Waals surface area contributed by atoms with Gasteiger partial charge in [-0.3, -0.25) is 4.79 Å². The summed E-state index contributed by atoms with van der Waals surface area (Å²) in [5.74, 6) is -5.84. The molecule has 1 N–H and O–H groups in total. The van der Waals surface area contributed by atoms with Crippen molar-refractivity contribution in [3.05, 3.63) is 75.3 Å². The van der Waals surface area contributed by atoms with Crippen molar-refractivity contribution in [2.24, 2.45) is 0 Å². The van der Waals surface area contributed by atoms with Crippen LogP contribution in [0, 0.1) is 18.6 Å². The highest BCUT2D eigenvalue weighted by atomic mass is 79.9. The van der Waals surface area contributed by atoms with E-state index in [4.69, 9.17) is 0 Å². The van der Waals surface area contributed by atoms with E-state index in [-0.39, 0.29) is 17.1 Å². The number of hydrogen-bond acceptors (Lipinski definition) is 4. The van der Waals surface area contributed by atoms with E-state index in [2.05, 4.69) is 25.7 Å². The van der Waals surface area contributed by atoms with Crippen LogP contribution >= 0.6 is 15.9 Å². The maximum absolute atomic E-state index is 14.0. The predicted octanol–water partition coefficient (Wildman–Crippen LogP) is 5.76. The van der Waals surface area contributed by atoms with E-state index in [1.807, 2.05) is 0 Å². The van der Waals surface area contributed by atoms with E-state index in [0.29, 0.717) is 22.8 Å². The highest BCUT2D eigenvalue weighted by Crippen LogP contribution is 2.33. The molecule has 1 aromatic heterocycles. The van der Waals surface area contributed by atoms with Crippen LogP contribution in [0.1, 0.15) is 33.5 Å². The first-order chi connectivity index (χ1) is 15.3. The molecule has 1 heterocycles. The number of ether oxygens (including phenoxy) is 1. The fraction of sp³-hybridized carbons (Fsp3) is 0.200. The van der Waals surface area contributed by atoms with Crippen molar-refractivity contribution in [1.29, 1.82) is 0 Å². The summed E-state index contributed by atoms with van der Waals surface area (Å²) in [6, 6.07) is 4.76. The normalized spacial score (nSPS) is 12.8. The number of aliphatic hydroxyl groups is 1. The summed E-state index contributed by atoms with van der Waals surface area (Å²) >= 11 is 3.11. The molecule has 0 fully saturated rings. The summed E-state index contributed by atoms with van der Waals surface area (Å²) in [7, 11) is 0. The lowest BCUT2D eigenvalue weighted by atomic mass is 9.98. The third kappa shape index (κ3) is 5.19. The molecule has 0 aliphatic rings. The zero-order valence-corrected chi connectivity index (χ0v) is 17.9. The van der Waals surface area contributed by atoms with Gasteiger partial charge in [0, 0.05) is 16.2 Å². The van der Waals surface area contributed by atoms with Crippen molar-refractivity contribution in [2.75, 3.05) is 0 Å². The van der Waals surface area contributed by atoms with Crippen molar-refractivity contribution in [1.82, 2.24) is 9.55 Å². The molecule has 3 aromatic rings. The summed E-state index contributed by atoms with van der Waals surface area (Å²) in [6.07, 6.45) is -6.29. The zero-order chi connectivity index (χ0) is 24.7. The van der Waals surface area contributed by atoms with E-state index >= 15 is 0 Å². The van der Waals surface area contributed by atoms with Crippen LogP contribution in [0.3, 0.4) is 0 Å². The summed E-state index contributed by atoms with van der Waals surface area (Å²) < 4.78 is 96.8. The van der Waals surface area contributed by atoms with E-state index < -0.39 is 53.3 Å². The third-order valence-corrected chi connectivity index (χ3v) is 4.94. The Labute approximate surface area is 189 Å². The van der Waals surface area contributed by atoms with Gasteiger partial charge in [0.1, 0.15) is 11.9 Å². The Morgan fingerprint density at radius 2 is 1.76 bits per heavy atom. The van der Waals surface area contributed by atoms with Gasteiger partial charge in [0.05, 0.1) is 5.69 Å². The molecule has 0 saturated heterocycles. The van der Waals surface area contributed by atoms with Crippen LogP contribution in [0.25, 0.3) is 5.69 Å². The van der Waals surface area contributed by atoms with Crippen LogP contribution in [-0.4, -0.2) is 27.1 Å². The van der Waals surface area contributed by atoms with Gasteiger partial charge in [-0.25, -0.2) is 13.8 Å². The number of imidazole rings is 1. The minimum absolute atomic E-state index is 0.0960. The number of Topliss-reactive ketones (excluding diaryl/α,β-unsaturated/α-hetero) is 1. The monoisotopic (exact) mass is 540 g/mol. The molecule has 0 spiro atoms. The van der Waals surface area contributed by atoms with Crippen LogP contribution in [0.2, 0.25) is 0 Å². The molecular weight excluding hydrogens is 529 g/mol. The Balaban J connectivity index is 2.05. The van der Waals surface area contributed by atoms with Gasteiger partial charge in [0.25, 0.3) is 0 Å². The standard InChI is InChI=1S/C20H12BrF7N2O3/c1-8-29-15(20(26,27)28)7-30(8)14-3-2-10(21)6-11(14)17(32)16(31)9-4-12(22)18(13(23)5-9)33-19(24)25/h2-7,16,19,31H,1H3. The van der Waals surface area contributed by atoms with Gasteiger partial charge in [-0.2, -0.15) is 22.0 Å². The van der Waals surface area contributed by atoms with Crippen LogP contribution in [-0.2, 0) is 6.18 Å². The van der Waals surface area contributed by atoms with Gasteiger partial charge in [0.2, 0.25) is 0 Å². The number of carbonyl (C=O) groups excluding carboxylic acids is 1. The second-order valence-corrected chi connectivity index (χ2v) is 7.58. The average Bonchev–Trinajstić information content (AvgIpc) is 3.11. The number of ketones is 1. The molecular formula is C20H12BrF7N2O3. The Morgan fingerprint density at radius 1 is 1.15 bits per heavy atom. The molecule has 33 heavy (non-hydrogen) atoms. The number of aryl methyl sites for hydroxylation is 1. The maximum atomic E-state index is 14.0. The maximum Gasteiger partial charge on any atom is 0.434 e. The fourth-order valence-electron chi connectivity index (χ4n) is 3.01. The molecule has 0 radical (unpaired) electrons. The smallest absolute Gasteiger partial charge is 0.429 e. The van der Waals surface area contributed by atoms with E-state index in [0.717, 1.165) is 4.57 Å². The number of alkyl halides is 5. The Kier molecular flexibility index (Phi) is 6.84. The molecule has 1 atom stereocenters. The first kappa shape index (κ1) is 24.7. The number of rotatable bonds is 6. The van der Waals surface area contributed by atoms with Gasteiger partial charge in [-0.05, 0) is 42.8 Å². The summed E-state index contributed by atoms with van der Waals surface area (Å²) in [4.78, 5) is 16.4. The molecule has 0 bridgehead atoms. The van der Waals surface area contributed by atoms with E-state index in [9.17, 15) is 40.6 Å². The minimum Gasteiger partial charge on any atom is -0.429 e. The third-order valence-electron chi connectivity index (χ3n) is 4.45. The Hall–Kier alpha value is -2.93. The largest absolute Gasteiger partial charge is 0.434 e. The highest BCUT2D eigenvalue weighted by Gasteiger charge is 2.35. The molecule has 0 aliphatic carbocycles. The SMILES string of the molecule is Cc1nc(C(F)(F)F)cn1-c1ccc(Br)cc1C(=O)C(O)c1cc(F)c(OC(F)F)c(F)c1.